The molecule has 0 saturated heterocycles. The molecule has 7 nitrogen and oxygen atoms in total. The average molecular weight is 300 g/mol. The number of nitro benzene ring substituents is 1. The summed E-state index contributed by atoms with van der Waals surface area (Å²) < 4.78 is 0. The van der Waals surface area contributed by atoms with Gasteiger partial charge < -0.3 is 5.73 Å². The molecule has 2 N–H and O–H groups in total. The Morgan fingerprint density at radius 1 is 1.24 bits per heavy atom. The van der Waals surface area contributed by atoms with Crippen molar-refractivity contribution in [2.75, 3.05) is 5.73 Å². The minimum atomic E-state index is -0.609. The number of hydrogen-bond donors (Lipinski definition) is 1. The zero-order chi connectivity index (χ0) is 15.6. The molecule has 0 aliphatic carbocycles. The lowest BCUT2D eigenvalue weighted by Crippen LogP contribution is -2.03. The molecular weight excluding hydrogens is 294 g/mol. The molecule has 1 aromatic carbocycles. The van der Waals surface area contributed by atoms with E-state index in [9.17, 15) is 20.6 Å². The van der Waals surface area contributed by atoms with Gasteiger partial charge in [0.05, 0.1) is 16.1 Å². The summed E-state index contributed by atoms with van der Waals surface area (Å²) in [5, 5.41) is 29.3. The number of nitrogens with two attached hydrogens (primary N) is 1. The van der Waals surface area contributed by atoms with Crippen molar-refractivity contribution in [1.82, 2.24) is 4.98 Å². The summed E-state index contributed by atoms with van der Waals surface area (Å²) in [5.41, 5.74) is 5.22. The molecule has 1 heterocycles. The predicted octanol–water partition coefficient (Wildman–Crippen LogP) is 2.64. The van der Waals surface area contributed by atoms with Crippen LogP contribution in [0, 0.1) is 32.8 Å². The van der Waals surface area contributed by atoms with E-state index < -0.39 is 4.92 Å². The van der Waals surface area contributed by atoms with Gasteiger partial charge in [0.15, 0.2) is 0 Å². The Labute approximate surface area is 124 Å². The molecule has 0 spiro atoms. The number of rotatable bonds is 2. The van der Waals surface area contributed by atoms with Gasteiger partial charge in [-0.3, -0.25) is 10.1 Å². The number of nitro groups is 1. The Balaban J connectivity index is 2.98. The van der Waals surface area contributed by atoms with Gasteiger partial charge in [0, 0.05) is 11.6 Å². The van der Waals surface area contributed by atoms with Crippen LogP contribution in [-0.2, 0) is 0 Å². The van der Waals surface area contributed by atoms with Gasteiger partial charge in [-0.2, -0.15) is 10.5 Å². The van der Waals surface area contributed by atoms with Crippen LogP contribution in [0.25, 0.3) is 11.1 Å². The number of nitrogens with zero attached hydrogens (tertiary/aromatic N) is 4. The zero-order valence-electron chi connectivity index (χ0n) is 10.4. The number of anilines is 1. The topological polar surface area (TPSA) is 130 Å². The van der Waals surface area contributed by atoms with Crippen molar-refractivity contribution in [3.8, 4) is 23.3 Å². The highest BCUT2D eigenvalue weighted by Gasteiger charge is 2.24. The second kappa shape index (κ2) is 5.45. The lowest BCUT2D eigenvalue weighted by molar-refractivity contribution is -0.384. The first kappa shape index (κ1) is 14.3. The molecule has 102 valence electrons. The van der Waals surface area contributed by atoms with E-state index in [4.69, 9.17) is 17.3 Å². The molecule has 0 aliphatic rings. The standard InChI is InChI=1S/C13H6ClN5O2/c14-12-8(5-15)11(9(6-16)13(17)18-12)7-3-1-2-4-10(7)19(20)21/h1-4H,(H2,17,18). The van der Waals surface area contributed by atoms with Crippen molar-refractivity contribution in [3.05, 3.63) is 50.7 Å². The maximum Gasteiger partial charge on any atom is 0.277 e. The fourth-order valence-electron chi connectivity index (χ4n) is 1.90. The molecule has 2 rings (SSSR count). The second-order valence-electron chi connectivity index (χ2n) is 3.91. The monoisotopic (exact) mass is 299 g/mol. The molecule has 0 radical (unpaired) electrons. The van der Waals surface area contributed by atoms with Crippen LogP contribution in [0.5, 0.6) is 0 Å². The molecule has 0 fully saturated rings. The summed E-state index contributed by atoms with van der Waals surface area (Å²) in [6.07, 6.45) is 0. The summed E-state index contributed by atoms with van der Waals surface area (Å²) in [6.45, 7) is 0. The average Bonchev–Trinajstić information content (AvgIpc) is 2.46. The molecule has 0 unspecified atom stereocenters. The summed E-state index contributed by atoms with van der Waals surface area (Å²) in [7, 11) is 0. The molecule has 8 heteroatoms. The van der Waals surface area contributed by atoms with Gasteiger partial charge in [-0.15, -0.1) is 0 Å². The summed E-state index contributed by atoms with van der Waals surface area (Å²) in [4.78, 5) is 14.2. The van der Waals surface area contributed by atoms with Gasteiger partial charge in [-0.25, -0.2) is 4.98 Å². The van der Waals surface area contributed by atoms with Crippen molar-refractivity contribution in [1.29, 1.82) is 10.5 Å². The van der Waals surface area contributed by atoms with Crippen molar-refractivity contribution in [2.45, 2.75) is 0 Å². The first-order chi connectivity index (χ1) is 10.0. The molecule has 0 amide bonds. The maximum atomic E-state index is 11.1. The van der Waals surface area contributed by atoms with Gasteiger partial charge in [0.2, 0.25) is 0 Å². The number of hydrogen-bond acceptors (Lipinski definition) is 6. The number of para-hydroxylation sites is 1. The molecule has 0 bridgehead atoms. The summed E-state index contributed by atoms with van der Waals surface area (Å²) in [5.74, 6) is -0.186. The highest BCUT2D eigenvalue weighted by Crippen LogP contribution is 2.38. The maximum absolute atomic E-state index is 11.1. The Kier molecular flexibility index (Phi) is 3.70. The van der Waals surface area contributed by atoms with E-state index in [0.717, 1.165) is 0 Å². The molecular formula is C13H6ClN5O2. The van der Waals surface area contributed by atoms with E-state index in [1.165, 1.54) is 18.2 Å². The quantitative estimate of drug-likeness (QED) is 0.515. The number of aromatic nitrogens is 1. The van der Waals surface area contributed by atoms with Crippen LogP contribution in [0.4, 0.5) is 11.5 Å². The van der Waals surface area contributed by atoms with Crippen LogP contribution in [0.15, 0.2) is 24.3 Å². The third kappa shape index (κ3) is 2.34. The van der Waals surface area contributed by atoms with Crippen LogP contribution >= 0.6 is 11.6 Å². The van der Waals surface area contributed by atoms with Crippen molar-refractivity contribution >= 4 is 23.1 Å². The molecule has 0 atom stereocenters. The van der Waals surface area contributed by atoms with E-state index in [-0.39, 0.29) is 38.9 Å². The highest BCUT2D eigenvalue weighted by atomic mass is 35.5. The first-order valence-corrected chi connectivity index (χ1v) is 5.92. The number of halogens is 1. The SMILES string of the molecule is N#Cc1c(N)nc(Cl)c(C#N)c1-c1ccccc1[N+](=O)[O-]. The van der Waals surface area contributed by atoms with Gasteiger partial charge >= 0.3 is 0 Å². The van der Waals surface area contributed by atoms with Crippen LogP contribution in [-0.4, -0.2) is 9.91 Å². The lowest BCUT2D eigenvalue weighted by Gasteiger charge is -2.10. The summed E-state index contributed by atoms with van der Waals surface area (Å²) >= 11 is 5.85. The Morgan fingerprint density at radius 2 is 1.86 bits per heavy atom. The third-order valence-corrected chi connectivity index (χ3v) is 3.05. The molecule has 0 aliphatic heterocycles. The fourth-order valence-corrected chi connectivity index (χ4v) is 2.13. The van der Waals surface area contributed by atoms with Gasteiger partial charge in [0.25, 0.3) is 5.69 Å². The largest absolute Gasteiger partial charge is 0.383 e. The fraction of sp³-hybridized carbons (Fsp3) is 0. The highest BCUT2D eigenvalue weighted by molar-refractivity contribution is 6.31. The van der Waals surface area contributed by atoms with Crippen LogP contribution in [0.2, 0.25) is 5.15 Å². The first-order valence-electron chi connectivity index (χ1n) is 5.54. The predicted molar refractivity (Wildman–Crippen MR) is 75.2 cm³/mol. The zero-order valence-corrected chi connectivity index (χ0v) is 11.1. The van der Waals surface area contributed by atoms with Crippen LogP contribution in [0.3, 0.4) is 0 Å². The Bertz CT molecular complexity index is 797. The molecule has 0 saturated carbocycles. The number of pyridine rings is 1. The number of nitrogen functional groups attached to an aromatic ring is 1. The molecule has 2 aromatic rings. The number of nitriles is 2. The lowest BCUT2D eigenvalue weighted by atomic mass is 9.95. The van der Waals surface area contributed by atoms with E-state index in [1.54, 1.807) is 12.1 Å². The second-order valence-corrected chi connectivity index (χ2v) is 4.27. The van der Waals surface area contributed by atoms with Crippen molar-refractivity contribution < 1.29 is 4.92 Å². The van der Waals surface area contributed by atoms with Gasteiger partial charge in [0.1, 0.15) is 28.7 Å². The van der Waals surface area contributed by atoms with Crippen LogP contribution < -0.4 is 5.73 Å². The number of benzene rings is 1. The summed E-state index contributed by atoms with van der Waals surface area (Å²) in [6, 6.07) is 9.33. The van der Waals surface area contributed by atoms with E-state index in [0.29, 0.717) is 0 Å². The van der Waals surface area contributed by atoms with Gasteiger partial charge in [-0.1, -0.05) is 23.7 Å². The van der Waals surface area contributed by atoms with E-state index in [2.05, 4.69) is 4.98 Å². The van der Waals surface area contributed by atoms with E-state index >= 15 is 0 Å². The molecule has 1 aromatic heterocycles. The smallest absolute Gasteiger partial charge is 0.277 e. The van der Waals surface area contributed by atoms with Gasteiger partial charge in [-0.05, 0) is 6.07 Å². The Morgan fingerprint density at radius 3 is 2.43 bits per heavy atom. The third-order valence-electron chi connectivity index (χ3n) is 2.77. The minimum Gasteiger partial charge on any atom is -0.383 e. The van der Waals surface area contributed by atoms with Crippen LogP contribution in [0.1, 0.15) is 11.1 Å². The van der Waals surface area contributed by atoms with Crippen molar-refractivity contribution in [3.63, 3.8) is 0 Å². The van der Waals surface area contributed by atoms with Crippen molar-refractivity contribution in [2.24, 2.45) is 0 Å². The van der Waals surface area contributed by atoms with E-state index in [1.807, 2.05) is 6.07 Å². The normalized spacial score (nSPS) is 9.67. The molecule has 21 heavy (non-hydrogen) atoms. The Hall–Kier alpha value is -3.16. The minimum absolute atomic E-state index is 0.0183.